The first-order valence-corrected chi connectivity index (χ1v) is 39.1. The second kappa shape index (κ2) is 40.9. The number of aliphatic carboxylic acids is 1. The number of likely N-dealkylation sites (tertiary alicyclic amines) is 2. The van der Waals surface area contributed by atoms with E-state index >= 15 is 0 Å². The minimum atomic E-state index is -1.21. The van der Waals surface area contributed by atoms with Crippen LogP contribution in [0.5, 0.6) is 0 Å². The van der Waals surface area contributed by atoms with Crippen molar-refractivity contribution in [2.75, 3.05) is 80.4 Å². The van der Waals surface area contributed by atoms with Crippen molar-refractivity contribution in [2.24, 2.45) is 11.5 Å². The number of aromatic nitrogens is 6. The molecule has 6 heterocycles. The van der Waals surface area contributed by atoms with Crippen LogP contribution in [0, 0.1) is 0 Å². The van der Waals surface area contributed by atoms with Gasteiger partial charge < -0.3 is 85.0 Å². The number of nitrogens with zero attached hydrogens (tertiary/aromatic N) is 8. The summed E-state index contributed by atoms with van der Waals surface area (Å²) in [5, 5.41) is 51.3. The maximum absolute atomic E-state index is 13.1. The number of halogens is 3. The standard InChI is InChI=1S/2C26H33ClN4O3.C16H23N3O2.C15H20ClNO4/c2*1-34-15-5-14-31-23-7-3-2-6-22(23)29-25(31)26(33)12-4-13-30(18-26)24(32)17-21(28)16-19-8-10-20(27)11-9-19;1-21-11-5-10-19-14-7-3-2-6-13(14)18-15(19)16(20)8-4-9-17-12-16;1-15(2,3)21-14(20)17-12(9-13(18)19)8-10-4-6-11(16)7-5-10/h2*2-3,6-11,21,33H,4-5,12-18,28H2,1H3;2-3,6-7,17,20H,4-5,8-12H2,1H3;4-7,12H,8-9H2,1-3H3,(H,17,20)(H,18,19)/t21-,26+;21-,26-;;12-/m11.1/s1. The molecule has 0 saturated carbocycles. The fourth-order valence-corrected chi connectivity index (χ4v) is 14.9. The van der Waals surface area contributed by atoms with Gasteiger partial charge in [-0.05, 0) is 194 Å². The number of nitrogens with one attached hydrogen (secondary N) is 2. The van der Waals surface area contributed by atoms with Crippen LogP contribution in [0.4, 0.5) is 4.79 Å². The van der Waals surface area contributed by atoms with Crippen LogP contribution in [0.1, 0.15) is 132 Å². The Balaban J connectivity index is 0.000000173. The number of carbonyl (C=O) groups is 4. The Morgan fingerprint density at radius 2 is 0.873 bits per heavy atom. The molecule has 3 aliphatic heterocycles. The third-order valence-corrected chi connectivity index (χ3v) is 20.4. The third kappa shape index (κ3) is 24.7. The van der Waals surface area contributed by atoms with Gasteiger partial charge in [0.25, 0.3) is 0 Å². The van der Waals surface area contributed by atoms with Crippen LogP contribution in [0.15, 0.2) is 146 Å². The van der Waals surface area contributed by atoms with Crippen molar-refractivity contribution in [3.05, 3.63) is 195 Å². The lowest BCUT2D eigenvalue weighted by molar-refractivity contribution is -0.140. The molecule has 0 spiro atoms. The summed E-state index contributed by atoms with van der Waals surface area (Å²) >= 11 is 17.7. The zero-order valence-corrected chi connectivity index (χ0v) is 66.4. The maximum Gasteiger partial charge on any atom is 0.407 e. The molecule has 0 radical (unpaired) electrons. The van der Waals surface area contributed by atoms with Crippen LogP contribution in [0.2, 0.25) is 15.1 Å². The van der Waals surface area contributed by atoms with Gasteiger partial charge >= 0.3 is 12.1 Å². The smallest absolute Gasteiger partial charge is 0.407 e. The number of alkyl carbamates (subject to hydrolysis) is 1. The lowest BCUT2D eigenvalue weighted by atomic mass is 9.91. The number of nitrogens with two attached hydrogens (primary N) is 2. The first-order valence-electron chi connectivity index (χ1n) is 37.9. The largest absolute Gasteiger partial charge is 0.481 e. The molecule has 3 fully saturated rings. The number of ether oxygens (including phenoxy) is 4. The highest BCUT2D eigenvalue weighted by Gasteiger charge is 2.43. The quantitative estimate of drug-likeness (QED) is 0.0211. The Bertz CT molecular complexity index is 4240. The topological polar surface area (TPSA) is 322 Å². The molecule has 3 aromatic heterocycles. The van der Waals surface area contributed by atoms with Gasteiger partial charge in [0.2, 0.25) is 11.8 Å². The van der Waals surface area contributed by atoms with E-state index in [1.54, 1.807) is 76.2 Å². The van der Waals surface area contributed by atoms with Gasteiger partial charge in [0.15, 0.2) is 0 Å². The fraction of sp³-hybridized carbons (Fsp3) is 0.482. The van der Waals surface area contributed by atoms with E-state index in [2.05, 4.69) is 30.4 Å². The van der Waals surface area contributed by atoms with E-state index in [1.165, 1.54) is 0 Å². The molecule has 24 nitrogen and oxygen atoms in total. The molecule has 10 N–H and O–H groups in total. The van der Waals surface area contributed by atoms with Crippen molar-refractivity contribution in [2.45, 2.75) is 177 Å². The van der Waals surface area contributed by atoms with Crippen molar-refractivity contribution in [1.29, 1.82) is 0 Å². The van der Waals surface area contributed by atoms with Crippen molar-refractivity contribution >= 4 is 91.8 Å². The van der Waals surface area contributed by atoms with Crippen LogP contribution in [-0.4, -0.2) is 187 Å². The predicted molar refractivity (Wildman–Crippen MR) is 430 cm³/mol. The van der Waals surface area contributed by atoms with E-state index in [-0.39, 0.29) is 56.3 Å². The van der Waals surface area contributed by atoms with E-state index in [1.807, 2.05) is 115 Å². The van der Waals surface area contributed by atoms with E-state index in [9.17, 15) is 34.5 Å². The number of aryl methyl sites for hydroxylation is 3. The SMILES string of the molecule is CC(C)(C)OC(=O)N[C@@H](CC(=O)O)Cc1ccc(Cl)cc1.COCCCn1c(C2(O)CCCNC2)nc2ccccc21.COCCCn1c([C@@]2(O)CCCN(C(=O)C[C@H](N)Cc3ccc(Cl)cc3)C2)nc2ccccc21.COCCCn1c([C@]2(O)CCCN(C(=O)C[C@H](N)Cc3ccc(Cl)cc3)C2)nc2ccccc21. The lowest BCUT2D eigenvalue weighted by Crippen LogP contribution is -2.50. The molecular weight excluding hydrogens is 1460 g/mol. The Morgan fingerprint density at radius 1 is 0.518 bits per heavy atom. The summed E-state index contributed by atoms with van der Waals surface area (Å²) in [5.74, 6) is 0.959. The Hall–Kier alpha value is -8.08. The second-order valence-corrected chi connectivity index (χ2v) is 31.1. The molecule has 9 aromatic rings. The number of carbonyl (C=O) groups excluding carboxylic acids is 3. The molecule has 3 aliphatic rings. The molecule has 27 heteroatoms. The fourth-order valence-electron chi connectivity index (χ4n) is 14.5. The molecule has 6 aromatic carbocycles. The highest BCUT2D eigenvalue weighted by Crippen LogP contribution is 2.37. The van der Waals surface area contributed by atoms with Crippen molar-refractivity contribution in [3.8, 4) is 0 Å². The normalized spacial score (nSPS) is 18.8. The number of hydrogen-bond acceptors (Lipinski definition) is 17. The van der Waals surface area contributed by atoms with Crippen LogP contribution in [0.25, 0.3) is 33.1 Å². The summed E-state index contributed by atoms with van der Waals surface area (Å²) in [5.41, 5.74) is 17.4. The first kappa shape index (κ1) is 85.9. The molecule has 0 aliphatic carbocycles. The van der Waals surface area contributed by atoms with Crippen molar-refractivity contribution in [1.82, 2.24) is 49.1 Å². The number of para-hydroxylation sites is 6. The highest BCUT2D eigenvalue weighted by atomic mass is 35.5. The van der Waals surface area contributed by atoms with Gasteiger partial charge in [0, 0.05) is 126 Å². The number of imidazole rings is 3. The van der Waals surface area contributed by atoms with Gasteiger partial charge in [-0.1, -0.05) is 108 Å². The number of rotatable bonds is 28. The molecule has 0 bridgehead atoms. The number of β-amino-alcohol motifs (C(OH)–C–C–N with tert-alkyl or cyclic N) is 3. The average molecular weight is 1570 g/mol. The number of methoxy groups -OCH3 is 3. The summed E-state index contributed by atoms with van der Waals surface area (Å²) in [6.07, 6.45) is 8.00. The number of carboxylic acids is 1. The molecule has 12 rings (SSSR count). The Morgan fingerprint density at radius 3 is 1.22 bits per heavy atom. The zero-order chi connectivity index (χ0) is 79.0. The summed E-state index contributed by atoms with van der Waals surface area (Å²) in [7, 11) is 5.08. The molecule has 1 unspecified atom stereocenters. The van der Waals surface area contributed by atoms with E-state index < -0.39 is 40.5 Å². The van der Waals surface area contributed by atoms with Crippen molar-refractivity contribution in [3.63, 3.8) is 0 Å². The highest BCUT2D eigenvalue weighted by molar-refractivity contribution is 6.31. The lowest BCUT2D eigenvalue weighted by Gasteiger charge is -2.39. The number of hydrogen-bond donors (Lipinski definition) is 8. The van der Waals surface area contributed by atoms with Gasteiger partial charge in [0.05, 0.1) is 52.6 Å². The minimum Gasteiger partial charge on any atom is -0.481 e. The molecule has 6 atom stereocenters. The number of amides is 3. The summed E-state index contributed by atoms with van der Waals surface area (Å²) < 4.78 is 27.1. The number of benzene rings is 6. The first-order chi connectivity index (χ1) is 52.7. The predicted octanol–water partition coefficient (Wildman–Crippen LogP) is 11.9. The minimum absolute atomic E-state index is 0.0402. The number of carboxylic acid groups (broad SMARTS) is 1. The summed E-state index contributed by atoms with van der Waals surface area (Å²) in [6, 6.07) is 44.8. The molecule has 3 amide bonds. The monoisotopic (exact) mass is 1570 g/mol. The van der Waals surface area contributed by atoms with Crippen LogP contribution in [0.3, 0.4) is 0 Å². The number of aliphatic hydroxyl groups is 3. The third-order valence-electron chi connectivity index (χ3n) is 19.6. The Kier molecular flexibility index (Phi) is 32.0. The molecular formula is C83H109Cl3N12O12. The molecule has 3 saturated heterocycles. The van der Waals surface area contributed by atoms with Gasteiger partial charge in [-0.3, -0.25) is 14.4 Å². The average Bonchev–Trinajstić information content (AvgIpc) is 1.61. The van der Waals surface area contributed by atoms with Gasteiger partial charge in [-0.15, -0.1) is 0 Å². The van der Waals surface area contributed by atoms with Gasteiger partial charge in [-0.2, -0.15) is 0 Å². The van der Waals surface area contributed by atoms with Crippen LogP contribution >= 0.6 is 34.8 Å². The van der Waals surface area contributed by atoms with E-state index in [4.69, 9.17) is 85.3 Å². The maximum atomic E-state index is 13.1. The molecule has 110 heavy (non-hydrogen) atoms. The van der Waals surface area contributed by atoms with E-state index in [0.717, 1.165) is 101 Å². The van der Waals surface area contributed by atoms with E-state index in [0.29, 0.717) is 124 Å². The van der Waals surface area contributed by atoms with Crippen LogP contribution in [-0.2, 0) is 89.0 Å². The molecule has 594 valence electrons. The van der Waals surface area contributed by atoms with Crippen molar-refractivity contribution < 1.29 is 58.6 Å². The number of fused-ring (bicyclic) bond motifs is 3. The summed E-state index contributed by atoms with van der Waals surface area (Å²) in [4.78, 5) is 66.7. The zero-order valence-electron chi connectivity index (χ0n) is 64.1. The van der Waals surface area contributed by atoms with Crippen LogP contribution < -0.4 is 22.1 Å². The second-order valence-electron chi connectivity index (χ2n) is 29.8. The van der Waals surface area contributed by atoms with Gasteiger partial charge in [-0.25, -0.2) is 19.7 Å². The summed E-state index contributed by atoms with van der Waals surface area (Å²) in [6.45, 7) is 12.6. The van der Waals surface area contributed by atoms with Gasteiger partial charge in [0.1, 0.15) is 39.9 Å². The number of piperidine rings is 3. The Labute approximate surface area is 659 Å².